The number of nitrogens with one attached hydrogen (secondary N) is 1. The minimum atomic E-state index is -3.61. The molecule has 1 aliphatic heterocycles. The molecular formula is C21H33N3O4S. The minimum Gasteiger partial charge on any atom is -0.360 e. The van der Waals surface area contributed by atoms with Crippen LogP contribution >= 0.6 is 0 Å². The second-order valence-electron chi connectivity index (χ2n) is 8.33. The number of piperidine rings is 1. The molecule has 1 aromatic heterocycles. The largest absolute Gasteiger partial charge is 0.360 e. The number of hydrogen-bond donors (Lipinski definition) is 1. The van der Waals surface area contributed by atoms with Gasteiger partial charge in [0.25, 0.3) is 0 Å². The van der Waals surface area contributed by atoms with Crippen molar-refractivity contribution in [2.24, 2.45) is 11.8 Å². The molecule has 8 heteroatoms. The quantitative estimate of drug-likeness (QED) is 0.679. The summed E-state index contributed by atoms with van der Waals surface area (Å²) in [6.45, 7) is 6.75. The van der Waals surface area contributed by atoms with Gasteiger partial charge in [-0.25, -0.2) is 8.42 Å². The van der Waals surface area contributed by atoms with E-state index in [0.717, 1.165) is 19.3 Å². The Kier molecular flexibility index (Phi) is 7.16. The summed E-state index contributed by atoms with van der Waals surface area (Å²) in [5, 5.41) is 6.84. The average molecular weight is 424 g/mol. The van der Waals surface area contributed by atoms with Crippen molar-refractivity contribution in [3.8, 4) is 0 Å². The maximum absolute atomic E-state index is 12.9. The Balaban J connectivity index is 1.49. The smallest absolute Gasteiger partial charge is 0.248 e. The summed E-state index contributed by atoms with van der Waals surface area (Å²) in [5.41, 5.74) is 1.85. The number of amides is 1. The highest BCUT2D eigenvalue weighted by Gasteiger charge is 2.36. The van der Waals surface area contributed by atoms with Gasteiger partial charge in [0.2, 0.25) is 15.9 Å². The molecule has 0 radical (unpaired) electrons. The third-order valence-corrected chi connectivity index (χ3v) is 8.46. The molecule has 1 atom stereocenters. The van der Waals surface area contributed by atoms with Gasteiger partial charge in [-0.1, -0.05) is 23.7 Å². The number of hydrogen-bond acceptors (Lipinski definition) is 5. The fraction of sp³-hybridized carbons (Fsp3) is 0.714. The summed E-state index contributed by atoms with van der Waals surface area (Å²) in [7, 11) is -3.61. The number of carbonyl (C=O) groups is 1. The molecule has 0 saturated carbocycles. The van der Waals surface area contributed by atoms with Crippen molar-refractivity contribution in [3.63, 3.8) is 0 Å². The molecule has 162 valence electrons. The van der Waals surface area contributed by atoms with Crippen LogP contribution in [-0.2, 0) is 14.8 Å². The number of rotatable bonds is 7. The van der Waals surface area contributed by atoms with Gasteiger partial charge in [0.1, 0.15) is 10.6 Å². The fourth-order valence-electron chi connectivity index (χ4n) is 4.44. The van der Waals surface area contributed by atoms with Crippen LogP contribution in [0.3, 0.4) is 0 Å². The third kappa shape index (κ3) is 5.09. The van der Waals surface area contributed by atoms with E-state index in [4.69, 9.17) is 4.52 Å². The summed E-state index contributed by atoms with van der Waals surface area (Å²) in [5.74, 6) is 0.484. The van der Waals surface area contributed by atoms with Crippen molar-refractivity contribution in [1.29, 1.82) is 0 Å². The lowest BCUT2D eigenvalue weighted by Crippen LogP contribution is -2.43. The van der Waals surface area contributed by atoms with Crippen LogP contribution < -0.4 is 5.32 Å². The van der Waals surface area contributed by atoms with Crippen LogP contribution in [0.4, 0.5) is 0 Å². The molecule has 0 spiro atoms. The highest BCUT2D eigenvalue weighted by molar-refractivity contribution is 7.89. The maximum atomic E-state index is 12.9. The van der Waals surface area contributed by atoms with Crippen LogP contribution in [0.2, 0.25) is 0 Å². The summed E-state index contributed by atoms with van der Waals surface area (Å²) >= 11 is 0. The van der Waals surface area contributed by atoms with E-state index in [0.29, 0.717) is 43.9 Å². The van der Waals surface area contributed by atoms with Crippen molar-refractivity contribution < 1.29 is 17.7 Å². The number of aryl methyl sites for hydroxylation is 2. The maximum Gasteiger partial charge on any atom is 0.248 e. The summed E-state index contributed by atoms with van der Waals surface area (Å²) in [6.07, 6.45) is 9.47. The molecule has 1 N–H and O–H groups in total. The normalized spacial score (nSPS) is 20.3. The molecule has 2 heterocycles. The Morgan fingerprint density at radius 1 is 1.31 bits per heavy atom. The van der Waals surface area contributed by atoms with Crippen LogP contribution in [0.15, 0.2) is 21.1 Å². The molecule has 0 bridgehead atoms. The Bertz CT molecular complexity index is 832. The van der Waals surface area contributed by atoms with Crippen molar-refractivity contribution >= 4 is 15.9 Å². The number of aromatic nitrogens is 1. The second-order valence-corrected chi connectivity index (χ2v) is 10.2. The molecule has 2 aliphatic rings. The Hall–Kier alpha value is -1.67. The highest BCUT2D eigenvalue weighted by Crippen LogP contribution is 2.30. The van der Waals surface area contributed by atoms with E-state index < -0.39 is 10.0 Å². The van der Waals surface area contributed by atoms with Crippen LogP contribution in [0.1, 0.15) is 63.3 Å². The molecule has 29 heavy (non-hydrogen) atoms. The van der Waals surface area contributed by atoms with Gasteiger partial charge in [0.15, 0.2) is 5.76 Å². The second kappa shape index (κ2) is 9.43. The first-order chi connectivity index (χ1) is 13.8. The molecule has 0 aromatic carbocycles. The first kappa shape index (κ1) is 22.0. The van der Waals surface area contributed by atoms with Gasteiger partial charge in [-0.15, -0.1) is 0 Å². The molecule has 1 aliphatic carbocycles. The van der Waals surface area contributed by atoms with E-state index >= 15 is 0 Å². The van der Waals surface area contributed by atoms with Crippen LogP contribution in [0, 0.1) is 25.7 Å². The van der Waals surface area contributed by atoms with Crippen LogP contribution in [-0.4, -0.2) is 43.4 Å². The third-order valence-electron chi connectivity index (χ3n) is 6.32. The molecule has 3 rings (SSSR count). The zero-order chi connectivity index (χ0) is 21.0. The average Bonchev–Trinajstić information content (AvgIpc) is 3.07. The van der Waals surface area contributed by atoms with E-state index in [-0.39, 0.29) is 22.6 Å². The number of sulfonamides is 1. The van der Waals surface area contributed by atoms with E-state index in [2.05, 4.69) is 16.5 Å². The van der Waals surface area contributed by atoms with Crippen molar-refractivity contribution in [1.82, 2.24) is 14.8 Å². The van der Waals surface area contributed by atoms with Gasteiger partial charge in [-0.3, -0.25) is 4.79 Å². The van der Waals surface area contributed by atoms with E-state index in [1.807, 2.05) is 6.92 Å². The fourth-order valence-corrected chi connectivity index (χ4v) is 6.20. The van der Waals surface area contributed by atoms with E-state index in [1.54, 1.807) is 13.8 Å². The van der Waals surface area contributed by atoms with Gasteiger partial charge in [-0.2, -0.15) is 4.31 Å². The zero-order valence-corrected chi connectivity index (χ0v) is 18.6. The predicted octanol–water partition coefficient (Wildman–Crippen LogP) is 3.33. The SMILES string of the molecule is Cc1noc(C)c1S(=O)(=O)N1CCC(C(C)C(=O)NCCC2=CCCCC2)CC1. The van der Waals surface area contributed by atoms with Crippen molar-refractivity contribution in [2.75, 3.05) is 19.6 Å². The number of carbonyl (C=O) groups excluding carboxylic acids is 1. The van der Waals surface area contributed by atoms with Gasteiger partial charge >= 0.3 is 0 Å². The lowest BCUT2D eigenvalue weighted by atomic mass is 9.85. The molecule has 1 amide bonds. The number of allylic oxidation sites excluding steroid dienone is 1. The molecular weight excluding hydrogens is 390 g/mol. The first-order valence-corrected chi connectivity index (χ1v) is 12.1. The van der Waals surface area contributed by atoms with Crippen molar-refractivity contribution in [3.05, 3.63) is 23.1 Å². The molecule has 1 fully saturated rings. The highest BCUT2D eigenvalue weighted by atomic mass is 32.2. The van der Waals surface area contributed by atoms with Crippen LogP contribution in [0.25, 0.3) is 0 Å². The van der Waals surface area contributed by atoms with Gasteiger partial charge in [0.05, 0.1) is 0 Å². The Labute approximate surface area is 173 Å². The van der Waals surface area contributed by atoms with Crippen LogP contribution in [0.5, 0.6) is 0 Å². The summed E-state index contributed by atoms with van der Waals surface area (Å²) in [6, 6.07) is 0. The van der Waals surface area contributed by atoms with Crippen molar-refractivity contribution in [2.45, 2.75) is 70.6 Å². The Morgan fingerprint density at radius 3 is 2.62 bits per heavy atom. The molecule has 1 saturated heterocycles. The zero-order valence-electron chi connectivity index (χ0n) is 17.7. The summed E-state index contributed by atoms with van der Waals surface area (Å²) in [4.78, 5) is 12.7. The number of nitrogens with zero attached hydrogens (tertiary/aromatic N) is 2. The molecule has 7 nitrogen and oxygen atoms in total. The monoisotopic (exact) mass is 423 g/mol. The Morgan fingerprint density at radius 2 is 2.03 bits per heavy atom. The van der Waals surface area contributed by atoms with Gasteiger partial charge < -0.3 is 9.84 Å². The van der Waals surface area contributed by atoms with E-state index in [9.17, 15) is 13.2 Å². The van der Waals surface area contributed by atoms with Gasteiger partial charge in [-0.05, 0) is 64.7 Å². The standard InChI is InChI=1S/C21H33N3O4S/c1-15(21(25)22-12-9-18-7-5-4-6-8-18)19-10-13-24(14-11-19)29(26,27)20-16(2)23-28-17(20)3/h7,15,19H,4-6,8-14H2,1-3H3,(H,22,25). The lowest BCUT2D eigenvalue weighted by molar-refractivity contribution is -0.126. The topological polar surface area (TPSA) is 92.5 Å². The molecule has 1 unspecified atom stereocenters. The lowest BCUT2D eigenvalue weighted by Gasteiger charge is -2.33. The predicted molar refractivity (Wildman–Crippen MR) is 111 cm³/mol. The molecule has 1 aromatic rings. The minimum absolute atomic E-state index is 0.0773. The summed E-state index contributed by atoms with van der Waals surface area (Å²) < 4.78 is 32.4. The van der Waals surface area contributed by atoms with Gasteiger partial charge in [0, 0.05) is 25.6 Å². The first-order valence-electron chi connectivity index (χ1n) is 10.7. The van der Waals surface area contributed by atoms with E-state index in [1.165, 1.54) is 22.7 Å².